The van der Waals surface area contributed by atoms with Gasteiger partial charge in [0.2, 0.25) is 5.91 Å². The number of hydrogen-bond donors (Lipinski definition) is 1. The summed E-state index contributed by atoms with van der Waals surface area (Å²) in [6.07, 6.45) is 7.84. The molecule has 1 saturated heterocycles. The fraction of sp³-hybridized carbons (Fsp3) is 0.529. The summed E-state index contributed by atoms with van der Waals surface area (Å²) in [5.74, 6) is 0.640. The monoisotopic (exact) mass is 562 g/mol. The standard InChI is InChI=1S/C34H46N2O5/c1-9-13-33(14-15-33)16-17-41-31(38)35-29(32(4,5)6)30(37)36-22-34(40-8,21-23(36)3)27-12-11-25-20-28(39-7)24(10-2)18-26(25)19-27/h9-12,18-20,23,29H,1-2,13-17,21-22H2,3-8H3,(H,35,38)/t23-,29-,34+/m1/s1. The topological polar surface area (TPSA) is 77.1 Å². The maximum atomic E-state index is 14.0. The van der Waals surface area contributed by atoms with E-state index in [1.807, 2.05) is 44.7 Å². The molecule has 0 unspecified atom stereocenters. The Hall–Kier alpha value is -3.32. The average Bonchev–Trinajstić information content (AvgIpc) is 3.61. The maximum absolute atomic E-state index is 14.0. The van der Waals surface area contributed by atoms with Crippen LogP contribution in [0.25, 0.3) is 16.8 Å². The van der Waals surface area contributed by atoms with Crippen molar-refractivity contribution >= 4 is 28.8 Å². The number of fused-ring (bicyclic) bond motifs is 1. The fourth-order valence-corrected chi connectivity index (χ4v) is 6.14. The van der Waals surface area contributed by atoms with Crippen molar-refractivity contribution in [2.24, 2.45) is 10.8 Å². The van der Waals surface area contributed by atoms with Crippen LogP contribution in [0.3, 0.4) is 0 Å². The molecule has 3 atom stereocenters. The van der Waals surface area contributed by atoms with Crippen molar-refractivity contribution in [3.05, 3.63) is 60.7 Å². The third kappa shape index (κ3) is 6.45. The van der Waals surface area contributed by atoms with Crippen LogP contribution in [0.2, 0.25) is 0 Å². The predicted molar refractivity (Wildman–Crippen MR) is 164 cm³/mol. The van der Waals surface area contributed by atoms with E-state index in [1.54, 1.807) is 20.3 Å². The van der Waals surface area contributed by atoms with E-state index in [0.29, 0.717) is 19.6 Å². The van der Waals surface area contributed by atoms with Crippen LogP contribution in [0.5, 0.6) is 5.75 Å². The van der Waals surface area contributed by atoms with Crippen LogP contribution < -0.4 is 10.1 Å². The minimum absolute atomic E-state index is 0.0888. The summed E-state index contributed by atoms with van der Waals surface area (Å²) in [5.41, 5.74) is 0.960. The van der Waals surface area contributed by atoms with Gasteiger partial charge in [0, 0.05) is 25.1 Å². The quantitative estimate of drug-likeness (QED) is 0.304. The lowest BCUT2D eigenvalue weighted by molar-refractivity contribution is -0.137. The molecule has 1 aliphatic heterocycles. The highest BCUT2D eigenvalue weighted by Gasteiger charge is 2.49. The Balaban J connectivity index is 1.51. The molecule has 0 aromatic heterocycles. The molecule has 2 aliphatic rings. The summed E-state index contributed by atoms with van der Waals surface area (Å²) in [7, 11) is 3.35. The zero-order valence-electron chi connectivity index (χ0n) is 25.5. The van der Waals surface area contributed by atoms with Gasteiger partial charge >= 0.3 is 6.09 Å². The smallest absolute Gasteiger partial charge is 0.407 e. The second kappa shape index (κ2) is 11.9. The second-order valence-corrected chi connectivity index (χ2v) is 12.9. The van der Waals surface area contributed by atoms with Gasteiger partial charge in [-0.1, -0.05) is 51.6 Å². The van der Waals surface area contributed by atoms with Gasteiger partial charge in [-0.15, -0.1) is 6.58 Å². The molecule has 1 N–H and O–H groups in total. The summed E-state index contributed by atoms with van der Waals surface area (Å²) >= 11 is 0. The first-order valence-corrected chi connectivity index (χ1v) is 14.6. The summed E-state index contributed by atoms with van der Waals surface area (Å²) in [4.78, 5) is 28.7. The first-order chi connectivity index (χ1) is 19.4. The van der Waals surface area contributed by atoms with Gasteiger partial charge in [0.1, 0.15) is 17.4 Å². The number of rotatable bonds is 11. The Morgan fingerprint density at radius 1 is 1.15 bits per heavy atom. The molecule has 0 spiro atoms. The van der Waals surface area contributed by atoms with Crippen molar-refractivity contribution < 1.29 is 23.8 Å². The minimum Gasteiger partial charge on any atom is -0.496 e. The van der Waals surface area contributed by atoms with Crippen molar-refractivity contribution in [3.8, 4) is 5.75 Å². The Kier molecular flexibility index (Phi) is 8.88. The van der Waals surface area contributed by atoms with Crippen LogP contribution >= 0.6 is 0 Å². The summed E-state index contributed by atoms with van der Waals surface area (Å²) in [5, 5.41) is 4.99. The molecular weight excluding hydrogens is 516 g/mol. The molecule has 1 saturated carbocycles. The van der Waals surface area contributed by atoms with Crippen LogP contribution in [0.1, 0.15) is 70.9 Å². The molecule has 2 amide bonds. The van der Waals surface area contributed by atoms with Crippen molar-refractivity contribution in [1.29, 1.82) is 0 Å². The van der Waals surface area contributed by atoms with Crippen LogP contribution in [-0.4, -0.2) is 56.4 Å². The number of nitrogens with one attached hydrogen (secondary N) is 1. The predicted octanol–water partition coefficient (Wildman–Crippen LogP) is 6.84. The minimum atomic E-state index is -0.743. The van der Waals surface area contributed by atoms with E-state index < -0.39 is 23.2 Å². The molecule has 7 heteroatoms. The van der Waals surface area contributed by atoms with Gasteiger partial charge in [-0.25, -0.2) is 4.79 Å². The second-order valence-electron chi connectivity index (χ2n) is 12.9. The molecule has 222 valence electrons. The molecule has 1 aliphatic carbocycles. The molecule has 1 heterocycles. The van der Waals surface area contributed by atoms with Crippen LogP contribution in [0, 0.1) is 10.8 Å². The van der Waals surface area contributed by atoms with Gasteiger partial charge in [0.25, 0.3) is 0 Å². The number of methoxy groups -OCH3 is 2. The Morgan fingerprint density at radius 2 is 1.88 bits per heavy atom. The SMILES string of the molecule is C=CCC1(CCOC(=O)N[C@H](C(=O)N2C[C@](OC)(c3ccc4cc(OC)c(C=C)cc4c3)C[C@H]2C)C(C)(C)C)CC1. The first kappa shape index (κ1) is 30.6. The first-order valence-electron chi connectivity index (χ1n) is 14.6. The lowest BCUT2D eigenvalue weighted by Crippen LogP contribution is -2.56. The summed E-state index contributed by atoms with van der Waals surface area (Å²) in [6.45, 7) is 16.4. The highest BCUT2D eigenvalue weighted by molar-refractivity contribution is 5.89. The van der Waals surface area contributed by atoms with Crippen LogP contribution in [0.4, 0.5) is 4.79 Å². The number of allylic oxidation sites excluding steroid dienone is 1. The van der Waals surface area contributed by atoms with Gasteiger partial charge in [0.05, 0.1) is 20.3 Å². The summed E-state index contributed by atoms with van der Waals surface area (Å²) < 4.78 is 17.2. The van der Waals surface area contributed by atoms with E-state index >= 15 is 0 Å². The molecule has 2 aromatic rings. The number of carbonyl (C=O) groups is 2. The number of hydrogen-bond acceptors (Lipinski definition) is 5. The zero-order valence-corrected chi connectivity index (χ0v) is 25.5. The van der Waals surface area contributed by atoms with Gasteiger partial charge in [0.15, 0.2) is 0 Å². The van der Waals surface area contributed by atoms with Crippen molar-refractivity contribution in [2.45, 2.75) is 77.5 Å². The summed E-state index contributed by atoms with van der Waals surface area (Å²) in [6, 6.07) is 9.49. The van der Waals surface area contributed by atoms with E-state index in [2.05, 4.69) is 42.7 Å². The molecule has 0 radical (unpaired) electrons. The zero-order chi connectivity index (χ0) is 30.0. The molecule has 2 fully saturated rings. The highest BCUT2D eigenvalue weighted by Crippen LogP contribution is 2.52. The highest BCUT2D eigenvalue weighted by atomic mass is 16.5. The van der Waals surface area contributed by atoms with Gasteiger partial charge < -0.3 is 24.4 Å². The van der Waals surface area contributed by atoms with Gasteiger partial charge in [-0.05, 0) is 78.0 Å². The third-order valence-electron chi connectivity index (χ3n) is 8.97. The Bertz CT molecular complexity index is 1310. The normalized spacial score (nSPS) is 22.2. The number of nitrogens with zero attached hydrogens (tertiary/aromatic N) is 1. The Morgan fingerprint density at radius 3 is 2.46 bits per heavy atom. The van der Waals surface area contributed by atoms with E-state index in [0.717, 1.165) is 53.3 Å². The molecular formula is C34H46N2O5. The largest absolute Gasteiger partial charge is 0.496 e. The maximum Gasteiger partial charge on any atom is 0.407 e. The van der Waals surface area contributed by atoms with Gasteiger partial charge in [-0.3, -0.25) is 4.79 Å². The van der Waals surface area contributed by atoms with E-state index in [1.165, 1.54) is 0 Å². The molecule has 2 aromatic carbocycles. The van der Waals surface area contributed by atoms with Gasteiger partial charge in [-0.2, -0.15) is 0 Å². The average molecular weight is 563 g/mol. The molecule has 4 rings (SSSR count). The van der Waals surface area contributed by atoms with Crippen molar-refractivity contribution in [1.82, 2.24) is 10.2 Å². The third-order valence-corrected chi connectivity index (χ3v) is 8.97. The van der Waals surface area contributed by atoms with Crippen LogP contribution in [-0.2, 0) is 19.9 Å². The number of ether oxygens (including phenoxy) is 3. The number of amides is 2. The van der Waals surface area contributed by atoms with Crippen LogP contribution in [0.15, 0.2) is 49.6 Å². The molecule has 41 heavy (non-hydrogen) atoms. The number of alkyl carbamates (subject to hydrolysis) is 1. The number of carbonyl (C=O) groups excluding carboxylic acids is 2. The Labute approximate surface area is 244 Å². The lowest BCUT2D eigenvalue weighted by Gasteiger charge is -2.35. The number of likely N-dealkylation sites (tertiary alicyclic amines) is 1. The molecule has 0 bridgehead atoms. The van der Waals surface area contributed by atoms with E-state index in [4.69, 9.17) is 14.2 Å². The fourth-order valence-electron chi connectivity index (χ4n) is 6.14. The lowest BCUT2D eigenvalue weighted by atomic mass is 9.85. The van der Waals surface area contributed by atoms with Crippen molar-refractivity contribution in [2.75, 3.05) is 27.4 Å². The molecule has 7 nitrogen and oxygen atoms in total. The number of benzene rings is 2. The van der Waals surface area contributed by atoms with E-state index in [-0.39, 0.29) is 17.4 Å². The van der Waals surface area contributed by atoms with Crippen molar-refractivity contribution in [3.63, 3.8) is 0 Å². The van der Waals surface area contributed by atoms with E-state index in [9.17, 15) is 9.59 Å².